The third-order valence-corrected chi connectivity index (χ3v) is 5.73. The molecule has 8 nitrogen and oxygen atoms in total. The van der Waals surface area contributed by atoms with E-state index in [0.29, 0.717) is 15.3 Å². The third kappa shape index (κ3) is 5.01. The van der Waals surface area contributed by atoms with Gasteiger partial charge in [-0.1, -0.05) is 35.3 Å². The highest BCUT2D eigenvalue weighted by Crippen LogP contribution is 2.27. The number of rotatable bonds is 8. The topological polar surface area (TPSA) is 90.8 Å². The molecule has 2 aromatic carbocycles. The van der Waals surface area contributed by atoms with Crippen molar-refractivity contribution in [1.82, 2.24) is 29.1 Å². The van der Waals surface area contributed by atoms with Gasteiger partial charge < -0.3 is 5.11 Å². The van der Waals surface area contributed by atoms with Crippen molar-refractivity contribution >= 4 is 23.2 Å². The van der Waals surface area contributed by atoms with Crippen LogP contribution in [-0.4, -0.2) is 46.7 Å². The van der Waals surface area contributed by atoms with Crippen molar-refractivity contribution in [3.05, 3.63) is 80.7 Å². The summed E-state index contributed by atoms with van der Waals surface area (Å²) in [6.45, 7) is 0.779. The van der Waals surface area contributed by atoms with Gasteiger partial charge in [0, 0.05) is 10.6 Å². The maximum Gasteiger partial charge on any atom is 0.349 e. The Balaban J connectivity index is 1.81. The summed E-state index contributed by atoms with van der Waals surface area (Å²) in [5.74, 6) is -0.526. The molecule has 0 spiro atoms. The fourth-order valence-electron chi connectivity index (χ4n) is 3.44. The lowest BCUT2D eigenvalue weighted by Gasteiger charge is -2.16. The molecule has 4 aromatic rings. The minimum atomic E-state index is -3.46. The first-order valence-corrected chi connectivity index (χ1v) is 11.2. The molecule has 36 heavy (non-hydrogen) atoms. The van der Waals surface area contributed by atoms with Crippen molar-refractivity contribution in [3.8, 4) is 17.1 Å². The second-order valence-corrected chi connectivity index (χ2v) is 8.55. The van der Waals surface area contributed by atoms with Crippen LogP contribution < -0.4 is 5.69 Å². The van der Waals surface area contributed by atoms with E-state index in [1.54, 1.807) is 24.3 Å². The summed E-state index contributed by atoms with van der Waals surface area (Å²) in [7, 11) is 0. The summed E-state index contributed by atoms with van der Waals surface area (Å²) in [4.78, 5) is 17.2. The van der Waals surface area contributed by atoms with Crippen LogP contribution in [0.15, 0.2) is 53.3 Å². The average molecular weight is 545 g/mol. The van der Waals surface area contributed by atoms with E-state index in [1.807, 2.05) is 0 Å². The van der Waals surface area contributed by atoms with Gasteiger partial charge in [0.25, 0.3) is 6.43 Å². The number of benzene rings is 2. The zero-order valence-electron chi connectivity index (χ0n) is 18.4. The average Bonchev–Trinajstić information content (AvgIpc) is 3.40. The van der Waals surface area contributed by atoms with Gasteiger partial charge >= 0.3 is 5.69 Å². The van der Waals surface area contributed by atoms with Crippen molar-refractivity contribution in [3.63, 3.8) is 0 Å². The zero-order chi connectivity index (χ0) is 26.1. The molecule has 0 bridgehead atoms. The molecule has 0 aliphatic heterocycles. The van der Waals surface area contributed by atoms with Gasteiger partial charge in [-0.3, -0.25) is 0 Å². The molecule has 14 heteroatoms. The number of aliphatic hydroxyl groups is 1. The molecule has 2 unspecified atom stereocenters. The summed E-state index contributed by atoms with van der Waals surface area (Å²) in [6.07, 6.45) is -10.6. The lowest BCUT2D eigenvalue weighted by Crippen LogP contribution is -2.35. The smallest absolute Gasteiger partial charge is 0.349 e. The van der Waals surface area contributed by atoms with Gasteiger partial charge in [-0.2, -0.15) is 0 Å². The Morgan fingerprint density at radius 1 is 1.00 bits per heavy atom. The van der Waals surface area contributed by atoms with Crippen LogP contribution in [0.25, 0.3) is 17.1 Å². The van der Waals surface area contributed by atoms with Gasteiger partial charge in [0.1, 0.15) is 6.54 Å². The molecule has 0 aliphatic carbocycles. The van der Waals surface area contributed by atoms with Crippen LogP contribution in [-0.2, 0) is 6.54 Å². The first kappa shape index (κ1) is 25.9. The molecule has 2 aromatic heterocycles. The van der Waals surface area contributed by atoms with Crippen LogP contribution in [0, 0.1) is 0 Å². The van der Waals surface area contributed by atoms with Crippen LogP contribution in [0.4, 0.5) is 17.6 Å². The molecular weight excluding hydrogens is 527 g/mol. The summed E-state index contributed by atoms with van der Waals surface area (Å²) >= 11 is 12.1. The van der Waals surface area contributed by atoms with E-state index in [9.17, 15) is 27.5 Å². The molecule has 1 N–H and O–H groups in total. The van der Waals surface area contributed by atoms with Gasteiger partial charge in [-0.25, -0.2) is 41.3 Å². The Morgan fingerprint density at radius 3 is 2.28 bits per heavy atom. The van der Waals surface area contributed by atoms with Crippen LogP contribution in [0.3, 0.4) is 0 Å². The van der Waals surface area contributed by atoms with E-state index in [0.717, 1.165) is 4.68 Å². The second kappa shape index (κ2) is 10.4. The SMILES string of the molecule is CC(F)c1nc(Cn2nc(-c3ccc(Cl)cc3)n(C(F)[C@H](O)C(F)F)c2=O)nn1-c1ccccc1Cl. The van der Waals surface area contributed by atoms with E-state index >= 15 is 0 Å². The Labute approximate surface area is 211 Å². The summed E-state index contributed by atoms with van der Waals surface area (Å²) in [6, 6.07) is 12.2. The molecule has 0 saturated heterocycles. The maximum atomic E-state index is 14.9. The van der Waals surface area contributed by atoms with Gasteiger partial charge in [-0.15, -0.1) is 10.2 Å². The fourth-order valence-corrected chi connectivity index (χ4v) is 3.78. The van der Waals surface area contributed by atoms with Crippen molar-refractivity contribution < 1.29 is 22.7 Å². The van der Waals surface area contributed by atoms with Gasteiger partial charge in [-0.05, 0) is 43.3 Å². The quantitative estimate of drug-likeness (QED) is 0.322. The van der Waals surface area contributed by atoms with Crippen LogP contribution >= 0.6 is 23.2 Å². The van der Waals surface area contributed by atoms with Gasteiger partial charge in [0.05, 0.1) is 10.7 Å². The second-order valence-electron chi connectivity index (χ2n) is 7.70. The first-order valence-electron chi connectivity index (χ1n) is 10.5. The molecule has 2 heterocycles. The van der Waals surface area contributed by atoms with Crippen LogP contribution in [0.5, 0.6) is 0 Å². The number of para-hydroxylation sites is 1. The minimum absolute atomic E-state index is 0.0753. The van der Waals surface area contributed by atoms with Gasteiger partial charge in [0.2, 0.25) is 6.30 Å². The highest BCUT2D eigenvalue weighted by Gasteiger charge is 2.34. The maximum absolute atomic E-state index is 14.9. The predicted molar refractivity (Wildman–Crippen MR) is 124 cm³/mol. The molecular formula is C22H18Cl2F4N6O2. The number of halogens is 6. The van der Waals surface area contributed by atoms with Crippen molar-refractivity contribution in [2.75, 3.05) is 0 Å². The molecule has 4 rings (SSSR count). The molecule has 0 saturated carbocycles. The summed E-state index contributed by atoms with van der Waals surface area (Å²) in [5, 5.41) is 18.5. The fraction of sp³-hybridized carbons (Fsp3) is 0.273. The number of aromatic nitrogens is 6. The number of nitrogens with zero attached hydrogens (tertiary/aromatic N) is 6. The van der Waals surface area contributed by atoms with E-state index in [4.69, 9.17) is 23.2 Å². The number of hydrogen-bond donors (Lipinski definition) is 1. The summed E-state index contributed by atoms with van der Waals surface area (Å²) < 4.78 is 57.5. The minimum Gasteiger partial charge on any atom is -0.382 e. The molecule has 3 atom stereocenters. The Bertz CT molecular complexity index is 1420. The number of hydrogen-bond acceptors (Lipinski definition) is 5. The molecule has 0 radical (unpaired) electrons. The largest absolute Gasteiger partial charge is 0.382 e. The molecule has 0 fully saturated rings. The van der Waals surface area contributed by atoms with E-state index < -0.39 is 37.2 Å². The number of alkyl halides is 4. The normalized spacial score (nSPS) is 14.2. The van der Waals surface area contributed by atoms with Crippen LogP contribution in [0.1, 0.15) is 31.0 Å². The molecule has 190 valence electrons. The monoisotopic (exact) mass is 544 g/mol. The van der Waals surface area contributed by atoms with E-state index in [1.165, 1.54) is 35.9 Å². The first-order chi connectivity index (χ1) is 17.1. The highest BCUT2D eigenvalue weighted by atomic mass is 35.5. The Kier molecular flexibility index (Phi) is 7.48. The van der Waals surface area contributed by atoms with E-state index in [-0.39, 0.29) is 28.1 Å². The zero-order valence-corrected chi connectivity index (χ0v) is 20.0. The predicted octanol–water partition coefficient (Wildman–Crippen LogP) is 4.77. The number of aliphatic hydroxyl groups excluding tert-OH is 1. The lowest BCUT2D eigenvalue weighted by atomic mass is 10.2. The summed E-state index contributed by atoms with van der Waals surface area (Å²) in [5.41, 5.74) is -0.649. The van der Waals surface area contributed by atoms with E-state index in [2.05, 4.69) is 15.2 Å². The standard InChI is InChI=1S/C22H18Cl2F4N6O2/c1-11(25)20-29-16(30-34(20)15-5-3-2-4-14(15)24)10-32-22(36)33(19(28)17(35)18(26)27)21(31-32)12-6-8-13(23)9-7-12/h2-9,11,17-19,35H,10H2,1H3/t11?,17-,19?/m1/s1. The lowest BCUT2D eigenvalue weighted by molar-refractivity contribution is -0.0723. The van der Waals surface area contributed by atoms with Crippen molar-refractivity contribution in [2.45, 2.75) is 38.5 Å². The molecule has 0 aliphatic rings. The Hall–Kier alpha value is -3.22. The molecule has 0 amide bonds. The highest BCUT2D eigenvalue weighted by molar-refractivity contribution is 6.32. The van der Waals surface area contributed by atoms with Crippen molar-refractivity contribution in [1.29, 1.82) is 0 Å². The van der Waals surface area contributed by atoms with Crippen molar-refractivity contribution in [2.24, 2.45) is 0 Å². The Morgan fingerprint density at radius 2 is 1.67 bits per heavy atom. The van der Waals surface area contributed by atoms with Crippen LogP contribution in [0.2, 0.25) is 10.0 Å². The third-order valence-electron chi connectivity index (χ3n) is 5.16. The van der Waals surface area contributed by atoms with Gasteiger partial charge in [0.15, 0.2) is 29.7 Å².